The van der Waals surface area contributed by atoms with Crippen molar-refractivity contribution < 1.29 is 31.1 Å². The normalized spacial score (nSPS) is 15.2. The van der Waals surface area contributed by atoms with E-state index in [1.165, 1.54) is 0 Å². The third-order valence-electron chi connectivity index (χ3n) is 3.97. The molecule has 0 saturated heterocycles. The molecule has 0 radical (unpaired) electrons. The number of benzene rings is 1. The molecule has 1 amide bonds. The molecule has 1 aromatic carbocycles. The maximum Gasteiger partial charge on any atom is 0.416 e. The zero-order valence-corrected chi connectivity index (χ0v) is 13.1. The van der Waals surface area contributed by atoms with E-state index in [0.29, 0.717) is 24.1 Å². The number of nitrogens with zero attached hydrogens (tertiary/aromatic N) is 1. The van der Waals surface area contributed by atoms with Crippen LogP contribution in [-0.4, -0.2) is 16.1 Å². The van der Waals surface area contributed by atoms with Crippen molar-refractivity contribution in [1.29, 1.82) is 0 Å². The molecule has 3 rings (SSSR count). The Bertz CT molecular complexity index is 820. The highest BCUT2D eigenvalue weighted by atomic mass is 19.4. The second kappa shape index (κ2) is 6.33. The summed E-state index contributed by atoms with van der Waals surface area (Å²) in [4.78, 5) is 12.0. The summed E-state index contributed by atoms with van der Waals surface area (Å²) in [7, 11) is 0. The van der Waals surface area contributed by atoms with Crippen molar-refractivity contribution in [3.8, 4) is 0 Å². The number of amides is 1. The Balaban J connectivity index is 1.80. The summed E-state index contributed by atoms with van der Waals surface area (Å²) < 4.78 is 77.4. The van der Waals surface area contributed by atoms with Crippen LogP contribution in [0.2, 0.25) is 0 Å². The second-order valence-corrected chi connectivity index (χ2v) is 6.08. The van der Waals surface area contributed by atoms with Gasteiger partial charge in [-0.2, -0.15) is 31.4 Å². The largest absolute Gasteiger partial charge is 0.416 e. The molecule has 1 fully saturated rings. The van der Waals surface area contributed by atoms with Gasteiger partial charge in [0.15, 0.2) is 5.82 Å². The zero-order valence-electron chi connectivity index (χ0n) is 13.1. The average molecular weight is 377 g/mol. The van der Waals surface area contributed by atoms with E-state index in [-0.39, 0.29) is 5.82 Å². The minimum absolute atomic E-state index is 0.123. The molecule has 2 aromatic rings. The van der Waals surface area contributed by atoms with Crippen molar-refractivity contribution in [3.63, 3.8) is 0 Å². The predicted octanol–water partition coefficient (Wildman–Crippen LogP) is 4.51. The van der Waals surface area contributed by atoms with Gasteiger partial charge in [0.25, 0.3) is 0 Å². The highest BCUT2D eigenvalue weighted by Crippen LogP contribution is 2.39. The number of carbonyl (C=O) groups excluding carboxylic acids is 1. The summed E-state index contributed by atoms with van der Waals surface area (Å²) in [6, 6.07) is 2.60. The number of nitrogens with one attached hydrogen (secondary N) is 2. The number of hydrogen-bond acceptors (Lipinski definition) is 2. The first-order chi connectivity index (χ1) is 12.0. The minimum atomic E-state index is -4.87. The molecule has 4 nitrogen and oxygen atoms in total. The van der Waals surface area contributed by atoms with Gasteiger partial charge in [0, 0.05) is 17.7 Å². The summed E-state index contributed by atoms with van der Waals surface area (Å²) in [6.45, 7) is 0. The molecule has 0 unspecified atom stereocenters. The number of carbonyl (C=O) groups is 1. The molecule has 0 atom stereocenters. The van der Waals surface area contributed by atoms with Gasteiger partial charge in [-0.15, -0.1) is 0 Å². The molecular weight excluding hydrogens is 364 g/mol. The highest BCUT2D eigenvalue weighted by molar-refractivity contribution is 5.91. The summed E-state index contributed by atoms with van der Waals surface area (Å²) in [6.07, 6.45) is -8.57. The molecule has 26 heavy (non-hydrogen) atoms. The van der Waals surface area contributed by atoms with Gasteiger partial charge in [-0.1, -0.05) is 0 Å². The van der Waals surface area contributed by atoms with Crippen LogP contribution in [0.4, 0.5) is 32.2 Å². The number of alkyl halides is 6. The first kappa shape index (κ1) is 18.3. The molecule has 1 heterocycles. The number of aromatic amines is 1. The van der Waals surface area contributed by atoms with Crippen molar-refractivity contribution in [3.05, 3.63) is 46.6 Å². The lowest BCUT2D eigenvalue weighted by atomic mass is 10.00. The van der Waals surface area contributed by atoms with Gasteiger partial charge in [-0.3, -0.25) is 9.89 Å². The Labute approximate surface area is 143 Å². The van der Waals surface area contributed by atoms with Crippen LogP contribution in [0.15, 0.2) is 24.3 Å². The van der Waals surface area contributed by atoms with E-state index in [1.807, 2.05) is 0 Å². The Morgan fingerprint density at radius 2 is 1.81 bits per heavy atom. The first-order valence-corrected chi connectivity index (χ1v) is 7.66. The van der Waals surface area contributed by atoms with Crippen LogP contribution < -0.4 is 5.32 Å². The third kappa shape index (κ3) is 4.17. The molecule has 1 saturated carbocycles. The molecule has 0 spiro atoms. The molecule has 1 aliphatic rings. The van der Waals surface area contributed by atoms with Crippen LogP contribution in [0.3, 0.4) is 0 Å². The molecule has 0 aliphatic heterocycles. The highest BCUT2D eigenvalue weighted by Gasteiger charge is 2.37. The van der Waals surface area contributed by atoms with Crippen LogP contribution >= 0.6 is 0 Å². The Morgan fingerprint density at radius 3 is 2.38 bits per heavy atom. The number of anilines is 1. The number of hydrogen-bond donors (Lipinski definition) is 2. The quantitative estimate of drug-likeness (QED) is 0.771. The van der Waals surface area contributed by atoms with Crippen molar-refractivity contribution in [1.82, 2.24) is 10.2 Å². The van der Waals surface area contributed by atoms with Gasteiger partial charge in [0.1, 0.15) is 0 Å². The van der Waals surface area contributed by atoms with Gasteiger partial charge < -0.3 is 5.32 Å². The molecule has 2 N–H and O–H groups in total. The lowest BCUT2D eigenvalue weighted by Gasteiger charge is -2.15. The fourth-order valence-electron chi connectivity index (χ4n) is 2.56. The van der Waals surface area contributed by atoms with Crippen molar-refractivity contribution in [2.24, 2.45) is 0 Å². The molecule has 1 aromatic heterocycles. The van der Waals surface area contributed by atoms with E-state index in [4.69, 9.17) is 0 Å². The molecule has 10 heteroatoms. The maximum absolute atomic E-state index is 13.0. The summed E-state index contributed by atoms with van der Waals surface area (Å²) in [5, 5.41) is 8.84. The average Bonchev–Trinajstić information content (AvgIpc) is 3.25. The van der Waals surface area contributed by atoms with Crippen LogP contribution in [0, 0.1) is 0 Å². The van der Waals surface area contributed by atoms with Crippen molar-refractivity contribution in [2.75, 3.05) is 5.32 Å². The predicted molar refractivity (Wildman–Crippen MR) is 79.3 cm³/mol. The fourth-order valence-corrected chi connectivity index (χ4v) is 2.56. The number of halogens is 6. The second-order valence-electron chi connectivity index (χ2n) is 6.08. The fraction of sp³-hybridized carbons (Fsp3) is 0.375. The molecule has 140 valence electrons. The van der Waals surface area contributed by atoms with Crippen molar-refractivity contribution >= 4 is 11.7 Å². The van der Waals surface area contributed by atoms with Crippen LogP contribution in [0.25, 0.3) is 0 Å². The van der Waals surface area contributed by atoms with Crippen LogP contribution in [-0.2, 0) is 23.6 Å². The van der Waals surface area contributed by atoms with Gasteiger partial charge >= 0.3 is 12.4 Å². The van der Waals surface area contributed by atoms with E-state index in [0.717, 1.165) is 18.5 Å². The maximum atomic E-state index is 13.0. The summed E-state index contributed by atoms with van der Waals surface area (Å²) in [5.41, 5.74) is -2.47. The van der Waals surface area contributed by atoms with E-state index in [1.54, 1.807) is 6.07 Å². The lowest BCUT2D eigenvalue weighted by Crippen LogP contribution is -2.19. The Morgan fingerprint density at radius 1 is 1.12 bits per heavy atom. The summed E-state index contributed by atoms with van der Waals surface area (Å²) in [5.74, 6) is -0.436. The number of H-pyrrole nitrogens is 1. The molecule has 1 aliphatic carbocycles. The van der Waals surface area contributed by atoms with E-state index >= 15 is 0 Å². The van der Waals surface area contributed by atoms with E-state index in [2.05, 4.69) is 15.5 Å². The minimum Gasteiger partial charge on any atom is -0.309 e. The first-order valence-electron chi connectivity index (χ1n) is 7.66. The third-order valence-corrected chi connectivity index (χ3v) is 3.97. The van der Waals surface area contributed by atoms with Gasteiger partial charge in [-0.25, -0.2) is 0 Å². The standard InChI is InChI=1S/C16H13F6N3O/c17-15(18,19)10-3-4-11(16(20,21)22)9(5-10)6-14(26)23-13-7-12(24-25-13)8-1-2-8/h3-5,7-8H,1-2,6H2,(H2,23,24,25,26). The summed E-state index contributed by atoms with van der Waals surface area (Å²) >= 11 is 0. The molecule has 0 bridgehead atoms. The number of aromatic nitrogens is 2. The van der Waals surface area contributed by atoms with E-state index < -0.39 is 41.4 Å². The topological polar surface area (TPSA) is 57.8 Å². The SMILES string of the molecule is O=C(Cc1cc(C(F)(F)F)ccc1C(F)(F)F)Nc1cc(C2CC2)[nH]n1. The Hall–Kier alpha value is -2.52. The van der Waals surface area contributed by atoms with Crippen LogP contribution in [0.5, 0.6) is 0 Å². The van der Waals surface area contributed by atoms with Gasteiger partial charge in [-0.05, 0) is 36.6 Å². The zero-order chi connectivity index (χ0) is 19.1. The van der Waals surface area contributed by atoms with Crippen molar-refractivity contribution in [2.45, 2.75) is 37.5 Å². The Kier molecular flexibility index (Phi) is 4.45. The molecular formula is C16H13F6N3O. The van der Waals surface area contributed by atoms with E-state index in [9.17, 15) is 31.1 Å². The van der Waals surface area contributed by atoms with Gasteiger partial charge in [0.05, 0.1) is 17.5 Å². The van der Waals surface area contributed by atoms with Crippen LogP contribution in [0.1, 0.15) is 41.1 Å². The van der Waals surface area contributed by atoms with Gasteiger partial charge in [0.2, 0.25) is 5.91 Å². The lowest BCUT2D eigenvalue weighted by molar-refractivity contribution is -0.142. The smallest absolute Gasteiger partial charge is 0.309 e. The number of rotatable bonds is 4. The monoisotopic (exact) mass is 377 g/mol.